The Morgan fingerprint density at radius 3 is 2.07 bits per heavy atom. The van der Waals surface area contributed by atoms with Gasteiger partial charge >= 0.3 is 5.97 Å². The predicted octanol–water partition coefficient (Wildman–Crippen LogP) is 7.06. The van der Waals surface area contributed by atoms with Gasteiger partial charge in [-0.05, 0) is 34.5 Å². The summed E-state index contributed by atoms with van der Waals surface area (Å²) in [7, 11) is -1.80. The molecule has 1 aromatic carbocycles. The van der Waals surface area contributed by atoms with Crippen LogP contribution in [-0.4, -0.2) is 20.9 Å². The van der Waals surface area contributed by atoms with Crippen molar-refractivity contribution in [1.82, 2.24) is 0 Å². The Kier molecular flexibility index (Phi) is 11.2. The lowest BCUT2D eigenvalue weighted by Crippen LogP contribution is -2.48. The van der Waals surface area contributed by atoms with Crippen molar-refractivity contribution in [3.8, 4) is 0 Å². The van der Waals surface area contributed by atoms with Crippen LogP contribution in [0.15, 0.2) is 54.6 Å². The highest BCUT2D eigenvalue weighted by Gasteiger charge is 2.45. The molecular weight excluding hydrogens is 376 g/mol. The summed E-state index contributed by atoms with van der Waals surface area (Å²) in [5.74, 6) is 0.129. The molecule has 0 amide bonds. The molecule has 3 nitrogen and oxygen atoms in total. The van der Waals surface area contributed by atoms with Crippen molar-refractivity contribution in [3.63, 3.8) is 0 Å². The molecule has 1 rings (SSSR count). The number of hydrogen-bond donors (Lipinski definition) is 0. The van der Waals surface area contributed by atoms with Gasteiger partial charge in [0.1, 0.15) is 6.61 Å². The normalized spacial score (nSPS) is 13.9. The number of benzene rings is 1. The molecule has 0 aromatic heterocycles. The summed E-state index contributed by atoms with van der Waals surface area (Å²) in [4.78, 5) is 11.8. The average Bonchev–Trinajstić information content (AvgIpc) is 2.66. The van der Waals surface area contributed by atoms with Gasteiger partial charge in [0.15, 0.2) is 8.32 Å². The zero-order valence-electron chi connectivity index (χ0n) is 19.4. The van der Waals surface area contributed by atoms with E-state index in [2.05, 4.69) is 54.5 Å². The third-order valence-corrected chi connectivity index (χ3v) is 11.6. The number of hydrogen-bond acceptors (Lipinski definition) is 3. The third-order valence-electron chi connectivity index (χ3n) is 5.57. The fraction of sp³-hybridized carbons (Fsp3) is 0.560. The highest BCUT2D eigenvalue weighted by molar-refractivity contribution is 6.77. The van der Waals surface area contributed by atoms with Gasteiger partial charge in [-0.3, -0.25) is 0 Å². The Balaban J connectivity index is 2.41. The lowest BCUT2D eigenvalue weighted by molar-refractivity contribution is -0.139. The molecule has 0 aliphatic heterocycles. The van der Waals surface area contributed by atoms with E-state index in [0.29, 0.717) is 29.1 Å². The van der Waals surface area contributed by atoms with Crippen LogP contribution >= 0.6 is 0 Å². The molecule has 0 aliphatic rings. The van der Waals surface area contributed by atoms with E-state index in [1.165, 1.54) is 6.08 Å². The Morgan fingerprint density at radius 2 is 1.52 bits per heavy atom. The lowest BCUT2D eigenvalue weighted by atomic mass is 10.1. The number of carbonyl (C=O) groups excluding carboxylic acids is 1. The lowest BCUT2D eigenvalue weighted by Gasteiger charge is -2.42. The average molecular weight is 417 g/mol. The van der Waals surface area contributed by atoms with Gasteiger partial charge < -0.3 is 9.16 Å². The van der Waals surface area contributed by atoms with E-state index in [1.54, 1.807) is 6.08 Å². The fourth-order valence-corrected chi connectivity index (χ4v) is 9.73. The first kappa shape index (κ1) is 25.4. The van der Waals surface area contributed by atoms with Gasteiger partial charge in [-0.15, -0.1) is 0 Å². The van der Waals surface area contributed by atoms with Crippen LogP contribution in [0.3, 0.4) is 0 Å². The monoisotopic (exact) mass is 416 g/mol. The Labute approximate surface area is 179 Å². The highest BCUT2D eigenvalue weighted by Crippen LogP contribution is 2.42. The summed E-state index contributed by atoms with van der Waals surface area (Å²) in [5.41, 5.74) is 2.81. The molecule has 1 atom stereocenters. The second-order valence-corrected chi connectivity index (χ2v) is 14.3. The first-order valence-corrected chi connectivity index (χ1v) is 13.0. The topological polar surface area (TPSA) is 35.5 Å². The molecule has 4 heteroatoms. The van der Waals surface area contributed by atoms with Gasteiger partial charge in [0.2, 0.25) is 0 Å². The van der Waals surface area contributed by atoms with Gasteiger partial charge in [-0.25, -0.2) is 4.79 Å². The Bertz CT molecular complexity index is 626. The van der Waals surface area contributed by atoms with Crippen molar-refractivity contribution in [2.45, 2.75) is 78.1 Å². The fourth-order valence-electron chi connectivity index (χ4n) is 4.16. The van der Waals surface area contributed by atoms with Crippen LogP contribution in [0.2, 0.25) is 16.6 Å². The van der Waals surface area contributed by atoms with Crippen LogP contribution < -0.4 is 0 Å². The molecule has 0 spiro atoms. The van der Waals surface area contributed by atoms with Gasteiger partial charge in [0.05, 0.1) is 0 Å². The van der Waals surface area contributed by atoms with Crippen LogP contribution in [0.4, 0.5) is 0 Å². The molecule has 0 saturated carbocycles. The molecule has 0 heterocycles. The number of allylic oxidation sites excluding steroid dienone is 3. The molecule has 162 valence electrons. The minimum atomic E-state index is -1.80. The van der Waals surface area contributed by atoms with Gasteiger partial charge in [-0.1, -0.05) is 97.0 Å². The first-order chi connectivity index (χ1) is 13.7. The van der Waals surface area contributed by atoms with Crippen LogP contribution in [-0.2, 0) is 20.6 Å². The zero-order valence-corrected chi connectivity index (χ0v) is 20.4. The summed E-state index contributed by atoms with van der Waals surface area (Å²) in [6.45, 7) is 17.2. The molecule has 0 saturated heterocycles. The van der Waals surface area contributed by atoms with Gasteiger partial charge in [0.25, 0.3) is 0 Å². The number of rotatable bonds is 12. The summed E-state index contributed by atoms with van der Waals surface area (Å²) in [6.07, 6.45) is 8.16. The van der Waals surface area contributed by atoms with Crippen molar-refractivity contribution in [3.05, 3.63) is 60.2 Å². The first-order valence-electron chi connectivity index (χ1n) is 10.9. The molecule has 0 unspecified atom stereocenters. The molecule has 0 radical (unpaired) electrons. The third kappa shape index (κ3) is 8.31. The minimum Gasteiger partial charge on any atom is -0.458 e. The van der Waals surface area contributed by atoms with Crippen LogP contribution in [0.5, 0.6) is 0 Å². The molecule has 0 fully saturated rings. The highest BCUT2D eigenvalue weighted by atomic mass is 28.4. The van der Waals surface area contributed by atoms with E-state index in [9.17, 15) is 4.79 Å². The largest absolute Gasteiger partial charge is 0.458 e. The maximum absolute atomic E-state index is 11.8. The van der Waals surface area contributed by atoms with Crippen molar-refractivity contribution in [1.29, 1.82) is 0 Å². The van der Waals surface area contributed by atoms with Crippen LogP contribution in [0.1, 0.15) is 60.5 Å². The minimum absolute atomic E-state index is 0.301. The maximum Gasteiger partial charge on any atom is 0.331 e. The second kappa shape index (κ2) is 12.8. The second-order valence-electron chi connectivity index (χ2n) is 8.85. The summed E-state index contributed by atoms with van der Waals surface area (Å²) in [6, 6.07) is 9.69. The molecule has 1 aromatic rings. The molecule has 0 N–H and O–H groups in total. The quantitative estimate of drug-likeness (QED) is 0.158. The zero-order chi connectivity index (χ0) is 21.9. The van der Waals surface area contributed by atoms with E-state index in [1.807, 2.05) is 36.4 Å². The van der Waals surface area contributed by atoms with Crippen molar-refractivity contribution in [2.75, 3.05) is 6.61 Å². The van der Waals surface area contributed by atoms with E-state index in [4.69, 9.17) is 9.16 Å². The number of esters is 1. The molecule has 0 aliphatic carbocycles. The van der Waals surface area contributed by atoms with Crippen molar-refractivity contribution < 1.29 is 14.0 Å². The summed E-state index contributed by atoms with van der Waals surface area (Å²) in [5, 5.41) is 0. The summed E-state index contributed by atoms with van der Waals surface area (Å²) < 4.78 is 11.9. The Hall–Kier alpha value is -1.65. The summed E-state index contributed by atoms with van der Waals surface area (Å²) >= 11 is 0. The molecular formula is C25H40O3Si. The number of ether oxygens (including phenoxy) is 1. The maximum atomic E-state index is 11.8. The van der Waals surface area contributed by atoms with E-state index < -0.39 is 8.32 Å². The van der Waals surface area contributed by atoms with Crippen LogP contribution in [0.25, 0.3) is 0 Å². The molecule has 29 heavy (non-hydrogen) atoms. The van der Waals surface area contributed by atoms with E-state index >= 15 is 0 Å². The van der Waals surface area contributed by atoms with E-state index in [0.717, 1.165) is 18.6 Å². The standard InChI is InChI=1S/C25H40O3Si/c1-20(2)29(21(3)4,22(5)6)28-18-23(7)14-10-8-13-17-25(26)27-19-24-15-11-9-12-16-24/h8-13,15-17,20-23H,14,18-19H2,1-7H3/b10-8+,17-13+/t23-/m0/s1. The predicted molar refractivity (Wildman–Crippen MR) is 125 cm³/mol. The smallest absolute Gasteiger partial charge is 0.331 e. The van der Waals surface area contributed by atoms with Crippen molar-refractivity contribution >= 4 is 14.3 Å². The van der Waals surface area contributed by atoms with E-state index in [-0.39, 0.29) is 5.97 Å². The van der Waals surface area contributed by atoms with Crippen LogP contribution in [0, 0.1) is 5.92 Å². The molecule has 0 bridgehead atoms. The van der Waals surface area contributed by atoms with Crippen molar-refractivity contribution in [2.24, 2.45) is 5.92 Å². The Morgan fingerprint density at radius 1 is 0.931 bits per heavy atom. The van der Waals surface area contributed by atoms with Gasteiger partial charge in [-0.2, -0.15) is 0 Å². The SMILES string of the molecule is CC(C)[Si](OC[C@@H](C)C/C=C/C=C/C(=O)OCc1ccccc1)(C(C)C)C(C)C. The number of carbonyl (C=O) groups is 1. The van der Waals surface area contributed by atoms with Gasteiger partial charge in [0, 0.05) is 12.7 Å².